The normalized spacial score (nSPS) is 11.2. The smallest absolute Gasteiger partial charge is 0.125 e. The maximum atomic E-state index is 4.90. The molecule has 0 aliphatic rings. The first-order valence-electron chi connectivity index (χ1n) is 10.4. The van der Waals surface area contributed by atoms with Gasteiger partial charge in [-0.05, 0) is 45.2 Å². The quantitative estimate of drug-likeness (QED) is 0.283. The van der Waals surface area contributed by atoms with Crippen LogP contribution >= 0.6 is 11.3 Å². The van der Waals surface area contributed by atoms with Crippen LogP contribution in [0.2, 0.25) is 0 Å². The van der Waals surface area contributed by atoms with Gasteiger partial charge in [-0.3, -0.25) is 0 Å². The molecular weight excluding hydrogens is 394 g/mol. The molecule has 1 aromatic heterocycles. The van der Waals surface area contributed by atoms with Gasteiger partial charge in [0.1, 0.15) is 5.01 Å². The standard InChI is InChI=1S/C29H19NS/c1-2-8-20(9-3-1)21-14-16-22(17-15-21)23-18-19-26(25-11-5-4-10-24(23)25)29-30-27-12-6-7-13-28(27)31-29/h1-19H. The van der Waals surface area contributed by atoms with E-state index in [9.17, 15) is 0 Å². The Morgan fingerprint density at radius 3 is 1.81 bits per heavy atom. The van der Waals surface area contributed by atoms with Crippen molar-refractivity contribution in [1.29, 1.82) is 0 Å². The lowest BCUT2D eigenvalue weighted by molar-refractivity contribution is 1.49. The molecule has 6 aromatic rings. The highest BCUT2D eigenvalue weighted by atomic mass is 32.1. The van der Waals surface area contributed by atoms with Crippen molar-refractivity contribution in [3.8, 4) is 32.8 Å². The number of aromatic nitrogens is 1. The summed E-state index contributed by atoms with van der Waals surface area (Å²) >= 11 is 1.76. The average molecular weight is 414 g/mol. The molecule has 0 saturated heterocycles. The Bertz CT molecular complexity index is 1480. The third-order valence-electron chi connectivity index (χ3n) is 5.75. The van der Waals surface area contributed by atoms with E-state index >= 15 is 0 Å². The molecule has 0 unspecified atom stereocenters. The van der Waals surface area contributed by atoms with Gasteiger partial charge >= 0.3 is 0 Å². The lowest BCUT2D eigenvalue weighted by Crippen LogP contribution is -1.86. The van der Waals surface area contributed by atoms with Crippen LogP contribution in [0.5, 0.6) is 0 Å². The van der Waals surface area contributed by atoms with E-state index in [2.05, 4.69) is 109 Å². The van der Waals surface area contributed by atoms with Gasteiger partial charge in [-0.15, -0.1) is 11.3 Å². The highest BCUT2D eigenvalue weighted by molar-refractivity contribution is 7.21. The van der Waals surface area contributed by atoms with Crippen LogP contribution in [0.15, 0.2) is 115 Å². The molecule has 0 saturated carbocycles. The molecule has 146 valence electrons. The molecular formula is C29H19NS. The van der Waals surface area contributed by atoms with E-state index in [1.165, 1.54) is 43.3 Å². The number of fused-ring (bicyclic) bond motifs is 2. The fourth-order valence-electron chi connectivity index (χ4n) is 4.20. The van der Waals surface area contributed by atoms with Crippen LogP contribution in [0.3, 0.4) is 0 Å². The summed E-state index contributed by atoms with van der Waals surface area (Å²) in [5, 5.41) is 3.57. The van der Waals surface area contributed by atoms with Crippen molar-refractivity contribution in [3.05, 3.63) is 115 Å². The summed E-state index contributed by atoms with van der Waals surface area (Å²) in [7, 11) is 0. The van der Waals surface area contributed by atoms with E-state index in [4.69, 9.17) is 4.98 Å². The van der Waals surface area contributed by atoms with Crippen molar-refractivity contribution >= 4 is 32.3 Å². The molecule has 0 spiro atoms. The predicted octanol–water partition coefficient (Wildman–Crippen LogP) is 8.45. The van der Waals surface area contributed by atoms with Crippen LogP contribution in [-0.2, 0) is 0 Å². The molecule has 0 bridgehead atoms. The Morgan fingerprint density at radius 1 is 0.452 bits per heavy atom. The largest absolute Gasteiger partial charge is 0.236 e. The lowest BCUT2D eigenvalue weighted by atomic mass is 9.94. The molecule has 5 aromatic carbocycles. The lowest BCUT2D eigenvalue weighted by Gasteiger charge is -2.11. The van der Waals surface area contributed by atoms with Crippen molar-refractivity contribution in [2.75, 3.05) is 0 Å². The van der Waals surface area contributed by atoms with E-state index in [1.807, 2.05) is 6.07 Å². The summed E-state index contributed by atoms with van der Waals surface area (Å²) < 4.78 is 1.22. The summed E-state index contributed by atoms with van der Waals surface area (Å²) in [5.74, 6) is 0. The second-order valence-electron chi connectivity index (χ2n) is 7.64. The molecule has 2 heteroatoms. The van der Waals surface area contributed by atoms with E-state index < -0.39 is 0 Å². The first kappa shape index (κ1) is 18.1. The fraction of sp³-hybridized carbons (Fsp3) is 0. The number of hydrogen-bond donors (Lipinski definition) is 0. The summed E-state index contributed by atoms with van der Waals surface area (Å²) in [6.07, 6.45) is 0. The van der Waals surface area contributed by atoms with Gasteiger partial charge in [-0.2, -0.15) is 0 Å². The second-order valence-corrected chi connectivity index (χ2v) is 8.67. The molecule has 0 radical (unpaired) electrons. The number of rotatable bonds is 3. The number of hydrogen-bond acceptors (Lipinski definition) is 2. The Hall–Kier alpha value is -3.75. The number of thiazole rings is 1. The van der Waals surface area contributed by atoms with Crippen molar-refractivity contribution < 1.29 is 0 Å². The Labute approximate surface area is 185 Å². The predicted molar refractivity (Wildman–Crippen MR) is 133 cm³/mol. The number of para-hydroxylation sites is 1. The Morgan fingerprint density at radius 2 is 1.03 bits per heavy atom. The van der Waals surface area contributed by atoms with Crippen LogP contribution in [0.1, 0.15) is 0 Å². The first-order chi connectivity index (χ1) is 15.4. The topological polar surface area (TPSA) is 12.9 Å². The average Bonchev–Trinajstić information content (AvgIpc) is 3.28. The van der Waals surface area contributed by atoms with Crippen LogP contribution in [-0.4, -0.2) is 4.98 Å². The monoisotopic (exact) mass is 413 g/mol. The van der Waals surface area contributed by atoms with E-state index in [0.29, 0.717) is 0 Å². The van der Waals surface area contributed by atoms with Gasteiger partial charge in [0.25, 0.3) is 0 Å². The molecule has 0 aliphatic carbocycles. The molecule has 6 rings (SSSR count). The molecule has 0 aliphatic heterocycles. The van der Waals surface area contributed by atoms with E-state index in [-0.39, 0.29) is 0 Å². The van der Waals surface area contributed by atoms with Crippen LogP contribution in [0, 0.1) is 0 Å². The summed E-state index contributed by atoms with van der Waals surface area (Å²) in [4.78, 5) is 4.90. The Kier molecular flexibility index (Phi) is 4.37. The fourth-order valence-corrected chi connectivity index (χ4v) is 5.20. The van der Waals surface area contributed by atoms with Crippen LogP contribution in [0.4, 0.5) is 0 Å². The van der Waals surface area contributed by atoms with Gasteiger partial charge < -0.3 is 0 Å². The van der Waals surface area contributed by atoms with Gasteiger partial charge in [0.2, 0.25) is 0 Å². The molecule has 0 N–H and O–H groups in total. The minimum Gasteiger partial charge on any atom is -0.236 e. The van der Waals surface area contributed by atoms with Crippen molar-refractivity contribution in [3.63, 3.8) is 0 Å². The summed E-state index contributed by atoms with van der Waals surface area (Å²) in [5.41, 5.74) is 7.21. The third kappa shape index (κ3) is 3.22. The minimum atomic E-state index is 1.06. The molecule has 0 atom stereocenters. The molecule has 31 heavy (non-hydrogen) atoms. The molecule has 1 nitrogen and oxygen atoms in total. The third-order valence-corrected chi connectivity index (χ3v) is 6.82. The van der Waals surface area contributed by atoms with Crippen molar-refractivity contribution in [2.24, 2.45) is 0 Å². The highest BCUT2D eigenvalue weighted by Crippen LogP contribution is 2.38. The Balaban J connectivity index is 1.47. The zero-order valence-corrected chi connectivity index (χ0v) is 17.6. The molecule has 0 amide bonds. The number of benzene rings is 5. The zero-order valence-electron chi connectivity index (χ0n) is 16.8. The van der Waals surface area contributed by atoms with Gasteiger partial charge in [0.15, 0.2) is 0 Å². The van der Waals surface area contributed by atoms with Crippen LogP contribution < -0.4 is 0 Å². The van der Waals surface area contributed by atoms with Gasteiger partial charge in [-0.25, -0.2) is 4.98 Å². The minimum absolute atomic E-state index is 1.06. The number of nitrogens with zero attached hydrogens (tertiary/aromatic N) is 1. The molecule has 0 fully saturated rings. The van der Waals surface area contributed by atoms with Crippen LogP contribution in [0.25, 0.3) is 53.8 Å². The maximum Gasteiger partial charge on any atom is 0.125 e. The van der Waals surface area contributed by atoms with Gasteiger partial charge in [-0.1, -0.05) is 103 Å². The maximum absolute atomic E-state index is 4.90. The summed E-state index contributed by atoms with van der Waals surface area (Å²) in [6.45, 7) is 0. The van der Waals surface area contributed by atoms with Crippen molar-refractivity contribution in [1.82, 2.24) is 4.98 Å². The van der Waals surface area contributed by atoms with E-state index in [0.717, 1.165) is 10.5 Å². The summed E-state index contributed by atoms with van der Waals surface area (Å²) in [6, 6.07) is 40.8. The van der Waals surface area contributed by atoms with Gasteiger partial charge in [0.05, 0.1) is 10.2 Å². The van der Waals surface area contributed by atoms with Gasteiger partial charge in [0, 0.05) is 5.56 Å². The molecule has 1 heterocycles. The second kappa shape index (κ2) is 7.50. The zero-order chi connectivity index (χ0) is 20.6. The first-order valence-corrected chi connectivity index (χ1v) is 11.2. The van der Waals surface area contributed by atoms with Crippen molar-refractivity contribution in [2.45, 2.75) is 0 Å². The van der Waals surface area contributed by atoms with E-state index in [1.54, 1.807) is 11.3 Å². The SMILES string of the molecule is c1ccc(-c2ccc(-c3ccc(-c4nc5ccccc5s4)c4ccccc34)cc2)cc1. The highest BCUT2D eigenvalue weighted by Gasteiger charge is 2.12.